The standard InChI is InChI=1S/C18H23N3O/c1-14(20-18(22)16-5-3-2-4-6-16)15-7-9-17(10-8-15)21-12-11-19-13-21/h7-14,16H,2-6H2,1H3,(H,20,22). The zero-order valence-electron chi connectivity index (χ0n) is 13.0. The van der Waals surface area contributed by atoms with E-state index in [0.717, 1.165) is 24.1 Å². The van der Waals surface area contributed by atoms with Gasteiger partial charge in [-0.25, -0.2) is 4.98 Å². The number of nitrogens with one attached hydrogen (secondary N) is 1. The Morgan fingerprint density at radius 3 is 2.59 bits per heavy atom. The summed E-state index contributed by atoms with van der Waals surface area (Å²) in [5.74, 6) is 0.423. The highest BCUT2D eigenvalue weighted by Crippen LogP contribution is 2.25. The van der Waals surface area contributed by atoms with Gasteiger partial charge in [0.05, 0.1) is 12.4 Å². The summed E-state index contributed by atoms with van der Waals surface area (Å²) in [5, 5.41) is 3.16. The molecule has 116 valence electrons. The highest BCUT2D eigenvalue weighted by atomic mass is 16.1. The number of hydrogen-bond donors (Lipinski definition) is 1. The molecule has 1 amide bonds. The maximum Gasteiger partial charge on any atom is 0.223 e. The summed E-state index contributed by atoms with van der Waals surface area (Å²) < 4.78 is 1.97. The second-order valence-electron chi connectivity index (χ2n) is 6.13. The Labute approximate surface area is 131 Å². The topological polar surface area (TPSA) is 46.9 Å². The summed E-state index contributed by atoms with van der Waals surface area (Å²) in [6.45, 7) is 2.05. The predicted octanol–water partition coefficient (Wildman–Crippen LogP) is 3.63. The zero-order valence-corrected chi connectivity index (χ0v) is 13.0. The molecule has 0 spiro atoms. The fourth-order valence-electron chi connectivity index (χ4n) is 3.13. The van der Waals surface area contributed by atoms with E-state index in [4.69, 9.17) is 0 Å². The molecule has 3 rings (SSSR count). The van der Waals surface area contributed by atoms with E-state index in [-0.39, 0.29) is 17.9 Å². The van der Waals surface area contributed by atoms with Crippen LogP contribution in [0.15, 0.2) is 43.0 Å². The van der Waals surface area contributed by atoms with Gasteiger partial charge in [0.1, 0.15) is 0 Å². The molecular weight excluding hydrogens is 274 g/mol. The third kappa shape index (κ3) is 3.38. The van der Waals surface area contributed by atoms with Crippen LogP contribution < -0.4 is 5.32 Å². The molecule has 0 saturated heterocycles. The van der Waals surface area contributed by atoms with Crippen molar-refractivity contribution in [3.05, 3.63) is 48.5 Å². The Hall–Kier alpha value is -2.10. The maximum atomic E-state index is 12.3. The van der Waals surface area contributed by atoms with Crippen LogP contribution in [0.5, 0.6) is 0 Å². The number of benzene rings is 1. The van der Waals surface area contributed by atoms with Gasteiger partial charge in [0.2, 0.25) is 5.91 Å². The van der Waals surface area contributed by atoms with Crippen LogP contribution in [0.25, 0.3) is 5.69 Å². The van der Waals surface area contributed by atoms with Crippen LogP contribution in [0.3, 0.4) is 0 Å². The largest absolute Gasteiger partial charge is 0.349 e. The quantitative estimate of drug-likeness (QED) is 0.936. The fraction of sp³-hybridized carbons (Fsp3) is 0.444. The molecule has 1 aromatic carbocycles. The number of aromatic nitrogens is 2. The number of nitrogens with zero attached hydrogens (tertiary/aromatic N) is 2. The molecule has 1 atom stereocenters. The molecule has 2 aromatic rings. The van der Waals surface area contributed by atoms with Crippen LogP contribution in [0, 0.1) is 5.92 Å². The lowest BCUT2D eigenvalue weighted by atomic mass is 9.88. The Balaban J connectivity index is 1.62. The average Bonchev–Trinajstić information content (AvgIpc) is 3.10. The Kier molecular flexibility index (Phi) is 4.56. The number of hydrogen-bond acceptors (Lipinski definition) is 2. The molecule has 0 aliphatic heterocycles. The Morgan fingerprint density at radius 1 is 1.23 bits per heavy atom. The van der Waals surface area contributed by atoms with Crippen molar-refractivity contribution in [3.8, 4) is 5.69 Å². The smallest absolute Gasteiger partial charge is 0.223 e. The minimum absolute atomic E-state index is 0.0475. The lowest BCUT2D eigenvalue weighted by Gasteiger charge is -2.23. The summed E-state index contributed by atoms with van der Waals surface area (Å²) in [6.07, 6.45) is 11.2. The molecule has 4 heteroatoms. The van der Waals surface area contributed by atoms with Gasteiger partial charge in [-0.05, 0) is 37.5 Å². The predicted molar refractivity (Wildman–Crippen MR) is 86.7 cm³/mol. The van der Waals surface area contributed by atoms with Gasteiger partial charge in [-0.1, -0.05) is 31.4 Å². The van der Waals surface area contributed by atoms with E-state index >= 15 is 0 Å². The van der Waals surface area contributed by atoms with E-state index in [0.29, 0.717) is 0 Å². The summed E-state index contributed by atoms with van der Waals surface area (Å²) in [5.41, 5.74) is 2.21. The minimum Gasteiger partial charge on any atom is -0.349 e. The van der Waals surface area contributed by atoms with Gasteiger partial charge in [0, 0.05) is 24.0 Å². The van der Waals surface area contributed by atoms with Gasteiger partial charge < -0.3 is 9.88 Å². The molecule has 0 bridgehead atoms. The molecule has 4 nitrogen and oxygen atoms in total. The van der Waals surface area contributed by atoms with Crippen molar-refractivity contribution in [2.24, 2.45) is 5.92 Å². The van der Waals surface area contributed by atoms with Crippen molar-refractivity contribution in [1.29, 1.82) is 0 Å². The third-order valence-corrected chi connectivity index (χ3v) is 4.53. The number of amides is 1. The highest BCUT2D eigenvalue weighted by Gasteiger charge is 2.22. The zero-order chi connectivity index (χ0) is 15.4. The summed E-state index contributed by atoms with van der Waals surface area (Å²) in [6, 6.07) is 8.30. The Morgan fingerprint density at radius 2 is 1.95 bits per heavy atom. The van der Waals surface area contributed by atoms with Crippen LogP contribution in [-0.4, -0.2) is 15.5 Å². The second-order valence-corrected chi connectivity index (χ2v) is 6.13. The number of carbonyl (C=O) groups excluding carboxylic acids is 1. The molecule has 0 radical (unpaired) electrons. The molecule has 1 aliphatic rings. The van der Waals surface area contributed by atoms with E-state index in [1.807, 2.05) is 17.7 Å². The van der Waals surface area contributed by atoms with Gasteiger partial charge >= 0.3 is 0 Å². The van der Waals surface area contributed by atoms with Crippen LogP contribution in [0.4, 0.5) is 0 Å². The second kappa shape index (κ2) is 6.77. The molecule has 1 saturated carbocycles. The molecule has 22 heavy (non-hydrogen) atoms. The monoisotopic (exact) mass is 297 g/mol. The molecule has 1 N–H and O–H groups in total. The molecule has 1 heterocycles. The van der Waals surface area contributed by atoms with Crippen LogP contribution in [0.2, 0.25) is 0 Å². The highest BCUT2D eigenvalue weighted by molar-refractivity contribution is 5.79. The minimum atomic E-state index is 0.0475. The van der Waals surface area contributed by atoms with Crippen molar-refractivity contribution >= 4 is 5.91 Å². The number of carbonyl (C=O) groups is 1. The first-order valence-corrected chi connectivity index (χ1v) is 8.13. The Bertz CT molecular complexity index is 598. The molecule has 1 unspecified atom stereocenters. The first-order valence-electron chi connectivity index (χ1n) is 8.13. The average molecular weight is 297 g/mol. The van der Waals surface area contributed by atoms with Crippen molar-refractivity contribution in [2.75, 3.05) is 0 Å². The lowest BCUT2D eigenvalue weighted by molar-refractivity contribution is -0.126. The molecular formula is C18H23N3O. The van der Waals surface area contributed by atoms with Crippen molar-refractivity contribution in [1.82, 2.24) is 14.9 Å². The first kappa shape index (κ1) is 14.8. The van der Waals surface area contributed by atoms with Crippen LogP contribution in [0.1, 0.15) is 50.6 Å². The van der Waals surface area contributed by atoms with E-state index in [1.165, 1.54) is 19.3 Å². The van der Waals surface area contributed by atoms with E-state index < -0.39 is 0 Å². The van der Waals surface area contributed by atoms with Gasteiger partial charge in [0.25, 0.3) is 0 Å². The molecule has 1 fully saturated rings. The van der Waals surface area contributed by atoms with Crippen molar-refractivity contribution in [3.63, 3.8) is 0 Å². The normalized spacial score (nSPS) is 17.1. The summed E-state index contributed by atoms with van der Waals surface area (Å²) >= 11 is 0. The van der Waals surface area contributed by atoms with Gasteiger partial charge in [-0.15, -0.1) is 0 Å². The van der Waals surface area contributed by atoms with Gasteiger partial charge in [-0.3, -0.25) is 4.79 Å². The van der Waals surface area contributed by atoms with E-state index in [2.05, 4.69) is 34.6 Å². The van der Waals surface area contributed by atoms with Crippen molar-refractivity contribution in [2.45, 2.75) is 45.1 Å². The maximum absolute atomic E-state index is 12.3. The molecule has 1 aromatic heterocycles. The first-order chi connectivity index (χ1) is 10.7. The van der Waals surface area contributed by atoms with E-state index in [9.17, 15) is 4.79 Å². The summed E-state index contributed by atoms with van der Waals surface area (Å²) in [4.78, 5) is 16.4. The summed E-state index contributed by atoms with van der Waals surface area (Å²) in [7, 11) is 0. The number of imidazole rings is 1. The fourth-order valence-corrected chi connectivity index (χ4v) is 3.13. The van der Waals surface area contributed by atoms with Gasteiger partial charge in [-0.2, -0.15) is 0 Å². The SMILES string of the molecule is CC(NC(=O)C1CCCCC1)c1ccc(-n2ccnc2)cc1. The lowest BCUT2D eigenvalue weighted by Crippen LogP contribution is -2.33. The van der Waals surface area contributed by atoms with Crippen LogP contribution >= 0.6 is 0 Å². The van der Waals surface area contributed by atoms with Crippen LogP contribution in [-0.2, 0) is 4.79 Å². The van der Waals surface area contributed by atoms with E-state index in [1.54, 1.807) is 12.5 Å². The molecule has 1 aliphatic carbocycles. The number of rotatable bonds is 4. The van der Waals surface area contributed by atoms with Crippen molar-refractivity contribution < 1.29 is 4.79 Å². The third-order valence-electron chi connectivity index (χ3n) is 4.53. The van der Waals surface area contributed by atoms with Gasteiger partial charge in [0.15, 0.2) is 0 Å².